The van der Waals surface area contributed by atoms with Crippen LogP contribution in [0.3, 0.4) is 0 Å². The van der Waals surface area contributed by atoms with E-state index in [0.29, 0.717) is 10.6 Å². The third kappa shape index (κ3) is 5.39. The summed E-state index contributed by atoms with van der Waals surface area (Å²) in [5, 5.41) is 9.28. The lowest BCUT2D eigenvalue weighted by atomic mass is 9.97. The zero-order valence-corrected chi connectivity index (χ0v) is 23.3. The molecule has 0 unspecified atom stereocenters. The van der Waals surface area contributed by atoms with Gasteiger partial charge in [0.1, 0.15) is 4.75 Å². The number of morpholine rings is 1. The van der Waals surface area contributed by atoms with Crippen LogP contribution in [0.25, 0.3) is 21.8 Å². The van der Waals surface area contributed by atoms with Crippen molar-refractivity contribution in [3.05, 3.63) is 53.9 Å². The Kier molecular flexibility index (Phi) is 7.92. The van der Waals surface area contributed by atoms with E-state index >= 15 is 0 Å². The van der Waals surface area contributed by atoms with E-state index in [-0.39, 0.29) is 45.8 Å². The van der Waals surface area contributed by atoms with Crippen LogP contribution in [0.5, 0.6) is 0 Å². The number of hydrogen-bond acceptors (Lipinski definition) is 10. The first-order valence-electron chi connectivity index (χ1n) is 12.2. The first-order chi connectivity index (χ1) is 18.7. The van der Waals surface area contributed by atoms with Crippen LogP contribution in [0.2, 0.25) is 0 Å². The summed E-state index contributed by atoms with van der Waals surface area (Å²) in [4.78, 5) is 17.5. The number of amides is 1. The van der Waals surface area contributed by atoms with Gasteiger partial charge in [0.2, 0.25) is 5.91 Å². The number of thiophene rings is 1. The Labute approximate surface area is 230 Å². The Hall–Kier alpha value is -2.66. The molecule has 3 aromatic rings. The molecule has 2 aromatic heterocycles. The number of hydrogen-bond donors (Lipinski definition) is 2. The second kappa shape index (κ2) is 11.1. The lowest BCUT2D eigenvalue weighted by Crippen LogP contribution is -2.49. The van der Waals surface area contributed by atoms with Crippen LogP contribution < -0.4 is 5.48 Å². The number of ether oxygens (including phenoxy) is 1. The second-order valence-electron chi connectivity index (χ2n) is 9.30. The molecule has 2 N–H and O–H groups in total. The number of aromatic nitrogens is 1. The minimum absolute atomic E-state index is 0.100. The predicted octanol–water partition coefficient (Wildman–Crippen LogP) is 1.86. The molecule has 0 radical (unpaired) electrons. The number of benzene rings is 1. The first-order valence-corrected chi connectivity index (χ1v) is 16.1. The quantitative estimate of drug-likeness (QED) is 0.307. The van der Waals surface area contributed by atoms with Crippen molar-refractivity contribution in [2.24, 2.45) is 0 Å². The number of oxazole rings is 1. The van der Waals surface area contributed by atoms with Crippen LogP contribution in [-0.4, -0.2) is 86.7 Å². The third-order valence-corrected chi connectivity index (χ3v) is 13.1. The van der Waals surface area contributed by atoms with E-state index in [2.05, 4.69) is 4.98 Å². The summed E-state index contributed by atoms with van der Waals surface area (Å²) < 4.78 is 65.6. The van der Waals surface area contributed by atoms with Gasteiger partial charge in [0.05, 0.1) is 31.6 Å². The van der Waals surface area contributed by atoms with E-state index in [1.807, 2.05) is 24.3 Å². The van der Waals surface area contributed by atoms with E-state index in [1.165, 1.54) is 26.3 Å². The second-order valence-corrected chi connectivity index (χ2v) is 14.7. The fourth-order valence-electron chi connectivity index (χ4n) is 4.92. The highest BCUT2D eigenvalue weighted by molar-refractivity contribution is 7.92. The van der Waals surface area contributed by atoms with Gasteiger partial charge >= 0.3 is 0 Å². The van der Waals surface area contributed by atoms with Gasteiger partial charge in [-0.2, -0.15) is 17.0 Å². The summed E-state index contributed by atoms with van der Waals surface area (Å²) in [6.07, 6.45) is 2.27. The molecule has 12 nitrogen and oxygen atoms in total. The number of rotatable bonds is 7. The Morgan fingerprint density at radius 3 is 2.41 bits per heavy atom. The molecule has 2 aliphatic heterocycles. The van der Waals surface area contributed by atoms with E-state index in [0.717, 1.165) is 16.0 Å². The first kappa shape index (κ1) is 27.9. The fraction of sp³-hybridized carbons (Fsp3) is 0.417. The molecule has 5 rings (SSSR count). The molecule has 39 heavy (non-hydrogen) atoms. The van der Waals surface area contributed by atoms with Crippen molar-refractivity contribution in [3.8, 4) is 21.8 Å². The largest absolute Gasteiger partial charge is 0.444 e. The molecule has 210 valence electrons. The number of sulfone groups is 1. The van der Waals surface area contributed by atoms with E-state index in [9.17, 15) is 26.8 Å². The Morgan fingerprint density at radius 1 is 1.05 bits per heavy atom. The predicted molar refractivity (Wildman–Crippen MR) is 143 cm³/mol. The van der Waals surface area contributed by atoms with E-state index in [1.54, 1.807) is 23.8 Å². The molecule has 0 aliphatic carbocycles. The summed E-state index contributed by atoms with van der Waals surface area (Å²) in [5.41, 5.74) is 3.21. The number of carbonyl (C=O) groups is 1. The Balaban J connectivity index is 1.48. The van der Waals surface area contributed by atoms with Crippen molar-refractivity contribution in [2.45, 2.75) is 17.6 Å². The van der Waals surface area contributed by atoms with Gasteiger partial charge in [0.25, 0.3) is 10.2 Å². The molecule has 1 atom stereocenters. The number of nitrogens with one attached hydrogen (secondary N) is 1. The standard InChI is InChI=1S/C24H28N4O8S3/c29-23(26-30)15-24(7-8-27(11-14-38(24,31)32)39(33,34)28-9-12-35-13-10-28)22-6-5-21(37-22)19-3-1-18(2-4-19)20-16-25-17-36-20/h1-6,16-17,30H,7-15H2,(H,26,29)/t24-/m0/s1. The fourth-order valence-corrected chi connectivity index (χ4v) is 10.2. The minimum atomic E-state index is -4.04. The van der Waals surface area contributed by atoms with Gasteiger partial charge in [-0.3, -0.25) is 10.0 Å². The number of hydroxylamine groups is 1. The van der Waals surface area contributed by atoms with E-state index in [4.69, 9.17) is 9.15 Å². The van der Waals surface area contributed by atoms with Crippen molar-refractivity contribution < 1.29 is 36.0 Å². The van der Waals surface area contributed by atoms with Crippen molar-refractivity contribution in [2.75, 3.05) is 45.1 Å². The molecule has 2 aliphatic rings. The molecule has 0 saturated carbocycles. The maximum Gasteiger partial charge on any atom is 0.282 e. The molecular formula is C24H28N4O8S3. The normalized spacial score (nSPS) is 22.8. The highest BCUT2D eigenvalue weighted by atomic mass is 32.2. The van der Waals surface area contributed by atoms with Crippen LogP contribution in [-0.2, 0) is 34.3 Å². The average molecular weight is 597 g/mol. The number of nitrogens with zero attached hydrogens (tertiary/aromatic N) is 3. The zero-order chi connectivity index (χ0) is 27.7. The van der Waals surface area contributed by atoms with E-state index < -0.39 is 42.9 Å². The molecule has 0 bridgehead atoms. The lowest BCUT2D eigenvalue weighted by Gasteiger charge is -2.32. The van der Waals surface area contributed by atoms with Crippen LogP contribution >= 0.6 is 11.3 Å². The summed E-state index contributed by atoms with van der Waals surface area (Å²) >= 11 is 1.22. The molecular weight excluding hydrogens is 568 g/mol. The van der Waals surface area contributed by atoms with Crippen molar-refractivity contribution >= 4 is 37.3 Å². The molecule has 1 aromatic carbocycles. The molecule has 4 heterocycles. The van der Waals surface area contributed by atoms with Gasteiger partial charge < -0.3 is 9.15 Å². The van der Waals surface area contributed by atoms with Crippen molar-refractivity contribution in [1.82, 2.24) is 19.1 Å². The molecule has 2 fully saturated rings. The van der Waals surface area contributed by atoms with Gasteiger partial charge in [0, 0.05) is 41.5 Å². The minimum Gasteiger partial charge on any atom is -0.444 e. The topological polar surface area (TPSA) is 159 Å². The highest BCUT2D eigenvalue weighted by Crippen LogP contribution is 2.45. The SMILES string of the molecule is O=C(C[C@]1(c2ccc(-c3ccc(-c4cnco4)cc3)s2)CCN(S(=O)(=O)N2CCOCC2)CCS1(=O)=O)NO. The highest BCUT2D eigenvalue weighted by Gasteiger charge is 2.51. The Morgan fingerprint density at radius 2 is 1.74 bits per heavy atom. The van der Waals surface area contributed by atoms with Crippen molar-refractivity contribution in [1.29, 1.82) is 0 Å². The lowest BCUT2D eigenvalue weighted by molar-refractivity contribution is -0.129. The molecule has 15 heteroatoms. The molecule has 0 spiro atoms. The number of carbonyl (C=O) groups excluding carboxylic acids is 1. The summed E-state index contributed by atoms with van der Waals surface area (Å²) in [6.45, 7) is 0.579. The van der Waals surface area contributed by atoms with Gasteiger partial charge in [-0.15, -0.1) is 11.3 Å². The third-order valence-electron chi connectivity index (χ3n) is 7.10. The van der Waals surface area contributed by atoms with Crippen molar-refractivity contribution in [3.63, 3.8) is 0 Å². The van der Waals surface area contributed by atoms with Gasteiger partial charge in [-0.05, 0) is 24.1 Å². The van der Waals surface area contributed by atoms with Crippen LogP contribution in [0.4, 0.5) is 0 Å². The molecule has 1 amide bonds. The summed E-state index contributed by atoms with van der Waals surface area (Å²) in [6, 6.07) is 10.9. The van der Waals surface area contributed by atoms with Gasteiger partial charge in [-0.1, -0.05) is 24.3 Å². The average Bonchev–Trinajstić information content (AvgIpc) is 3.64. The van der Waals surface area contributed by atoms with Gasteiger partial charge in [0.15, 0.2) is 22.0 Å². The van der Waals surface area contributed by atoms with Gasteiger partial charge in [-0.25, -0.2) is 18.9 Å². The zero-order valence-electron chi connectivity index (χ0n) is 20.9. The van der Waals surface area contributed by atoms with Crippen LogP contribution in [0, 0.1) is 0 Å². The maximum absolute atomic E-state index is 13.8. The monoisotopic (exact) mass is 596 g/mol. The van der Waals surface area contributed by atoms with Crippen LogP contribution in [0.1, 0.15) is 17.7 Å². The smallest absolute Gasteiger partial charge is 0.282 e. The maximum atomic E-state index is 13.8. The summed E-state index contributed by atoms with van der Waals surface area (Å²) in [7, 11) is -7.96. The van der Waals surface area contributed by atoms with Crippen LogP contribution in [0.15, 0.2) is 53.4 Å². The summed E-state index contributed by atoms with van der Waals surface area (Å²) in [5.74, 6) is -0.716. The Bertz CT molecular complexity index is 1520. The molecule has 2 saturated heterocycles.